The van der Waals surface area contributed by atoms with Crippen LogP contribution in [0, 0.1) is 0 Å². The molecule has 0 fully saturated rings. The molecular weight excluding hydrogens is 322 g/mol. The highest BCUT2D eigenvalue weighted by Crippen LogP contribution is 2.32. The highest BCUT2D eigenvalue weighted by Gasteiger charge is 2.21. The minimum atomic E-state index is -0.300. The summed E-state index contributed by atoms with van der Waals surface area (Å²) in [7, 11) is 0. The molecular formula is C18H21N3O4. The third-order valence-electron chi connectivity index (χ3n) is 4.03. The van der Waals surface area contributed by atoms with Crippen LogP contribution in [0.2, 0.25) is 0 Å². The average Bonchev–Trinajstić information content (AvgIpc) is 3.18. The van der Waals surface area contributed by atoms with E-state index in [-0.39, 0.29) is 23.6 Å². The van der Waals surface area contributed by atoms with Gasteiger partial charge in [-0.25, -0.2) is 4.79 Å². The van der Waals surface area contributed by atoms with Crippen molar-refractivity contribution in [3.8, 4) is 5.75 Å². The number of benzene rings is 1. The van der Waals surface area contributed by atoms with E-state index in [0.717, 1.165) is 17.7 Å². The number of hydrogen-bond acceptors (Lipinski definition) is 4. The normalized spacial score (nSPS) is 15.6. The first-order chi connectivity index (χ1) is 12.2. The fourth-order valence-electron chi connectivity index (χ4n) is 2.75. The Labute approximate surface area is 145 Å². The molecule has 1 aliphatic heterocycles. The molecule has 0 radical (unpaired) electrons. The molecule has 0 saturated heterocycles. The molecule has 0 saturated carbocycles. The molecule has 1 atom stereocenters. The molecule has 3 amide bonds. The average molecular weight is 343 g/mol. The standard InChI is InChI=1S/C18H21N3O4/c22-17(16-6-3-10-24-16)19-8-9-20-18(23)21-12-13-7-11-25-15-5-2-1-4-14(13)15/h1-6,10,13H,7-9,11-12H2,(H,19,22)(H2,20,21,23). The molecule has 3 N–H and O–H groups in total. The lowest BCUT2D eigenvalue weighted by atomic mass is 9.93. The summed E-state index contributed by atoms with van der Waals surface area (Å²) >= 11 is 0. The van der Waals surface area contributed by atoms with Gasteiger partial charge in [0, 0.05) is 25.6 Å². The molecule has 3 rings (SSSR count). The van der Waals surface area contributed by atoms with Crippen molar-refractivity contribution < 1.29 is 18.7 Å². The predicted octanol–water partition coefficient (Wildman–Crippen LogP) is 1.87. The van der Waals surface area contributed by atoms with Gasteiger partial charge in [0.2, 0.25) is 0 Å². The SMILES string of the molecule is O=C(NCCNC(=O)c1ccco1)NCC1CCOc2ccccc21. The van der Waals surface area contributed by atoms with E-state index in [4.69, 9.17) is 9.15 Å². The van der Waals surface area contributed by atoms with E-state index in [0.29, 0.717) is 26.2 Å². The number of para-hydroxylation sites is 1. The van der Waals surface area contributed by atoms with Crippen LogP contribution >= 0.6 is 0 Å². The Morgan fingerprint density at radius 3 is 2.72 bits per heavy atom. The Balaban J connectivity index is 1.36. The summed E-state index contributed by atoms with van der Waals surface area (Å²) in [4.78, 5) is 23.5. The van der Waals surface area contributed by atoms with Crippen molar-refractivity contribution in [3.05, 3.63) is 54.0 Å². The van der Waals surface area contributed by atoms with Crippen LogP contribution in [0.25, 0.3) is 0 Å². The van der Waals surface area contributed by atoms with Gasteiger partial charge in [0.25, 0.3) is 5.91 Å². The number of ether oxygens (including phenoxy) is 1. The van der Waals surface area contributed by atoms with Crippen LogP contribution in [0.15, 0.2) is 47.1 Å². The first-order valence-electron chi connectivity index (χ1n) is 8.29. The lowest BCUT2D eigenvalue weighted by Crippen LogP contribution is -2.42. The number of amides is 3. The highest BCUT2D eigenvalue weighted by atomic mass is 16.5. The monoisotopic (exact) mass is 343 g/mol. The number of hydrogen-bond donors (Lipinski definition) is 3. The quantitative estimate of drug-likeness (QED) is 0.698. The van der Waals surface area contributed by atoms with E-state index in [1.54, 1.807) is 12.1 Å². The van der Waals surface area contributed by atoms with Crippen LogP contribution < -0.4 is 20.7 Å². The van der Waals surface area contributed by atoms with E-state index >= 15 is 0 Å². The second kappa shape index (κ2) is 8.23. The third-order valence-corrected chi connectivity index (χ3v) is 4.03. The Kier molecular flexibility index (Phi) is 5.56. The lowest BCUT2D eigenvalue weighted by Gasteiger charge is -2.26. The van der Waals surface area contributed by atoms with Gasteiger partial charge in [-0.1, -0.05) is 18.2 Å². The van der Waals surface area contributed by atoms with Crippen LogP contribution in [0.1, 0.15) is 28.5 Å². The Morgan fingerprint density at radius 1 is 1.04 bits per heavy atom. The third kappa shape index (κ3) is 4.53. The van der Waals surface area contributed by atoms with E-state index in [1.165, 1.54) is 6.26 Å². The molecule has 25 heavy (non-hydrogen) atoms. The van der Waals surface area contributed by atoms with Crippen molar-refractivity contribution in [2.75, 3.05) is 26.2 Å². The highest BCUT2D eigenvalue weighted by molar-refractivity contribution is 5.91. The molecule has 1 aromatic carbocycles. The Bertz CT molecular complexity index is 715. The van der Waals surface area contributed by atoms with E-state index in [9.17, 15) is 9.59 Å². The largest absolute Gasteiger partial charge is 0.493 e. The number of urea groups is 1. The van der Waals surface area contributed by atoms with Crippen molar-refractivity contribution in [1.29, 1.82) is 0 Å². The molecule has 0 bridgehead atoms. The lowest BCUT2D eigenvalue weighted by molar-refractivity contribution is 0.0926. The summed E-state index contributed by atoms with van der Waals surface area (Å²) in [5, 5.41) is 8.26. The zero-order valence-electron chi connectivity index (χ0n) is 13.8. The van der Waals surface area contributed by atoms with Gasteiger partial charge < -0.3 is 25.1 Å². The number of carbonyl (C=O) groups is 2. The number of fused-ring (bicyclic) bond motifs is 1. The fraction of sp³-hybridized carbons (Fsp3) is 0.333. The fourth-order valence-corrected chi connectivity index (χ4v) is 2.75. The first-order valence-corrected chi connectivity index (χ1v) is 8.29. The van der Waals surface area contributed by atoms with Crippen molar-refractivity contribution >= 4 is 11.9 Å². The number of carbonyl (C=O) groups excluding carboxylic acids is 2. The molecule has 0 spiro atoms. The van der Waals surface area contributed by atoms with E-state index in [2.05, 4.69) is 16.0 Å². The Morgan fingerprint density at radius 2 is 1.88 bits per heavy atom. The number of furan rings is 1. The van der Waals surface area contributed by atoms with Gasteiger partial charge in [-0.15, -0.1) is 0 Å². The number of nitrogens with one attached hydrogen (secondary N) is 3. The first kappa shape index (κ1) is 16.9. The molecule has 7 nitrogen and oxygen atoms in total. The van der Waals surface area contributed by atoms with Crippen LogP contribution in [0.5, 0.6) is 5.75 Å². The molecule has 0 aliphatic carbocycles. The molecule has 2 aromatic rings. The van der Waals surface area contributed by atoms with Gasteiger partial charge in [0.15, 0.2) is 5.76 Å². The zero-order valence-corrected chi connectivity index (χ0v) is 13.8. The van der Waals surface area contributed by atoms with Crippen LogP contribution in [0.4, 0.5) is 4.79 Å². The van der Waals surface area contributed by atoms with Gasteiger partial charge in [-0.2, -0.15) is 0 Å². The van der Waals surface area contributed by atoms with Crippen molar-refractivity contribution in [1.82, 2.24) is 16.0 Å². The molecule has 7 heteroatoms. The minimum Gasteiger partial charge on any atom is -0.493 e. The molecule has 132 valence electrons. The summed E-state index contributed by atoms with van der Waals surface area (Å²) in [6, 6.07) is 10.9. The summed E-state index contributed by atoms with van der Waals surface area (Å²) < 4.78 is 10.6. The van der Waals surface area contributed by atoms with Crippen molar-refractivity contribution in [2.45, 2.75) is 12.3 Å². The second-order valence-corrected chi connectivity index (χ2v) is 5.74. The van der Waals surface area contributed by atoms with E-state index in [1.807, 2.05) is 24.3 Å². The van der Waals surface area contributed by atoms with Gasteiger partial charge in [0.05, 0.1) is 12.9 Å². The topological polar surface area (TPSA) is 92.6 Å². The summed E-state index contributed by atoms with van der Waals surface area (Å²) in [6.45, 7) is 1.87. The van der Waals surface area contributed by atoms with Crippen molar-refractivity contribution in [2.24, 2.45) is 0 Å². The second-order valence-electron chi connectivity index (χ2n) is 5.74. The van der Waals surface area contributed by atoms with Crippen LogP contribution in [0.3, 0.4) is 0 Å². The predicted molar refractivity (Wildman–Crippen MR) is 91.7 cm³/mol. The van der Waals surface area contributed by atoms with E-state index < -0.39 is 0 Å². The van der Waals surface area contributed by atoms with Crippen LogP contribution in [-0.4, -0.2) is 38.2 Å². The molecule has 1 aromatic heterocycles. The minimum absolute atomic E-state index is 0.245. The maximum absolute atomic E-state index is 11.9. The van der Waals surface area contributed by atoms with Gasteiger partial charge >= 0.3 is 6.03 Å². The van der Waals surface area contributed by atoms with Gasteiger partial charge in [-0.05, 0) is 30.2 Å². The maximum Gasteiger partial charge on any atom is 0.314 e. The number of rotatable bonds is 6. The summed E-state index contributed by atoms with van der Waals surface area (Å²) in [6.07, 6.45) is 2.31. The van der Waals surface area contributed by atoms with Gasteiger partial charge in [-0.3, -0.25) is 4.79 Å². The summed E-state index contributed by atoms with van der Waals surface area (Å²) in [5.74, 6) is 1.09. The molecule has 2 heterocycles. The maximum atomic E-state index is 11.9. The zero-order chi connectivity index (χ0) is 17.5. The van der Waals surface area contributed by atoms with Crippen LogP contribution in [-0.2, 0) is 0 Å². The van der Waals surface area contributed by atoms with Crippen molar-refractivity contribution in [3.63, 3.8) is 0 Å². The molecule has 1 aliphatic rings. The Hall–Kier alpha value is -2.96. The smallest absolute Gasteiger partial charge is 0.314 e. The molecule has 1 unspecified atom stereocenters. The van der Waals surface area contributed by atoms with Gasteiger partial charge in [0.1, 0.15) is 5.75 Å². The summed E-state index contributed by atoms with van der Waals surface area (Å²) in [5.41, 5.74) is 1.12.